The van der Waals surface area contributed by atoms with Crippen molar-refractivity contribution in [2.75, 3.05) is 38.2 Å². The summed E-state index contributed by atoms with van der Waals surface area (Å²) in [6, 6.07) is 13.4. The summed E-state index contributed by atoms with van der Waals surface area (Å²) in [5.41, 5.74) is 4.57. The lowest BCUT2D eigenvalue weighted by Gasteiger charge is -2.34. The highest BCUT2D eigenvalue weighted by Gasteiger charge is 2.27. The number of benzene rings is 2. The Kier molecular flexibility index (Phi) is 5.72. The summed E-state index contributed by atoms with van der Waals surface area (Å²) in [6.45, 7) is 6.76. The first-order chi connectivity index (χ1) is 15.9. The van der Waals surface area contributed by atoms with Crippen LogP contribution in [0.4, 0.5) is 5.13 Å². The third kappa shape index (κ3) is 4.05. The van der Waals surface area contributed by atoms with Crippen LogP contribution in [0.2, 0.25) is 5.02 Å². The van der Waals surface area contributed by atoms with Crippen molar-refractivity contribution >= 4 is 44.3 Å². The molecule has 33 heavy (non-hydrogen) atoms. The number of fused-ring (bicyclic) bond motifs is 1. The maximum atomic E-state index is 13.1. The van der Waals surface area contributed by atoms with Crippen LogP contribution in [0, 0.1) is 13.8 Å². The summed E-state index contributed by atoms with van der Waals surface area (Å²) in [7, 11) is 1.55. The van der Waals surface area contributed by atoms with Crippen LogP contribution in [0.5, 0.6) is 5.75 Å². The van der Waals surface area contributed by atoms with Crippen molar-refractivity contribution in [2.45, 2.75) is 13.8 Å². The van der Waals surface area contributed by atoms with Crippen LogP contribution in [0.1, 0.15) is 21.6 Å². The summed E-state index contributed by atoms with van der Waals surface area (Å²) < 4.78 is 8.37. The molecule has 0 aliphatic carbocycles. The molecule has 0 bridgehead atoms. The first kappa shape index (κ1) is 21.7. The Morgan fingerprint density at radius 2 is 1.88 bits per heavy atom. The monoisotopic (exact) mass is 481 g/mol. The summed E-state index contributed by atoms with van der Waals surface area (Å²) in [5, 5.41) is 6.22. The van der Waals surface area contributed by atoms with E-state index in [0.29, 0.717) is 42.5 Å². The van der Waals surface area contributed by atoms with Gasteiger partial charge in [-0.25, -0.2) is 4.68 Å². The molecule has 1 amide bonds. The molecule has 7 nitrogen and oxygen atoms in total. The number of aromatic nitrogens is 3. The number of hydrogen-bond acceptors (Lipinski definition) is 6. The molecule has 170 valence electrons. The van der Waals surface area contributed by atoms with Gasteiger partial charge < -0.3 is 14.5 Å². The number of carbonyl (C=O) groups is 1. The molecule has 0 atom stereocenters. The van der Waals surface area contributed by atoms with Gasteiger partial charge in [0.15, 0.2) is 10.8 Å². The van der Waals surface area contributed by atoms with Gasteiger partial charge in [-0.15, -0.1) is 0 Å². The number of amides is 1. The molecule has 4 aromatic rings. The van der Waals surface area contributed by atoms with Crippen LogP contribution < -0.4 is 9.64 Å². The van der Waals surface area contributed by atoms with Crippen molar-refractivity contribution in [1.29, 1.82) is 0 Å². The van der Waals surface area contributed by atoms with E-state index in [-0.39, 0.29) is 5.91 Å². The minimum Gasteiger partial charge on any atom is -0.496 e. The number of nitrogens with zero attached hydrogens (tertiary/aromatic N) is 5. The highest BCUT2D eigenvalue weighted by atomic mass is 35.5. The predicted octanol–water partition coefficient (Wildman–Crippen LogP) is 4.72. The molecule has 9 heteroatoms. The van der Waals surface area contributed by atoms with E-state index in [1.807, 2.05) is 28.6 Å². The fourth-order valence-corrected chi connectivity index (χ4v) is 5.31. The van der Waals surface area contributed by atoms with Gasteiger partial charge in [-0.2, -0.15) is 10.1 Å². The molecule has 1 aliphatic heterocycles. The van der Waals surface area contributed by atoms with Crippen LogP contribution in [0.3, 0.4) is 0 Å². The Hall–Kier alpha value is -3.10. The van der Waals surface area contributed by atoms with Gasteiger partial charge in [0, 0.05) is 31.2 Å². The van der Waals surface area contributed by atoms with Crippen LogP contribution >= 0.6 is 22.9 Å². The second-order valence-corrected chi connectivity index (χ2v) is 9.52. The zero-order chi connectivity index (χ0) is 23.1. The smallest absolute Gasteiger partial charge is 0.257 e. The number of ether oxygens (including phenoxy) is 1. The van der Waals surface area contributed by atoms with Gasteiger partial charge in [0.2, 0.25) is 0 Å². The molecule has 2 aromatic heterocycles. The van der Waals surface area contributed by atoms with Crippen LogP contribution in [-0.2, 0) is 0 Å². The molecule has 0 radical (unpaired) electrons. The molecular weight excluding hydrogens is 458 g/mol. The highest BCUT2D eigenvalue weighted by molar-refractivity contribution is 7.22. The van der Waals surface area contributed by atoms with Gasteiger partial charge in [0.25, 0.3) is 5.91 Å². The van der Waals surface area contributed by atoms with E-state index in [1.165, 1.54) is 5.56 Å². The Bertz CT molecular complexity index is 1340. The largest absolute Gasteiger partial charge is 0.496 e. The fourth-order valence-electron chi connectivity index (χ4n) is 4.11. The lowest BCUT2D eigenvalue weighted by atomic mass is 10.1. The van der Waals surface area contributed by atoms with Crippen LogP contribution in [0.25, 0.3) is 16.0 Å². The van der Waals surface area contributed by atoms with Crippen molar-refractivity contribution in [3.8, 4) is 11.4 Å². The summed E-state index contributed by atoms with van der Waals surface area (Å²) in [4.78, 5) is 22.1. The van der Waals surface area contributed by atoms with Gasteiger partial charge in [-0.1, -0.05) is 35.1 Å². The number of rotatable bonds is 4. The van der Waals surface area contributed by atoms with E-state index in [2.05, 4.69) is 24.0 Å². The first-order valence-electron chi connectivity index (χ1n) is 10.8. The maximum absolute atomic E-state index is 13.1. The minimum atomic E-state index is -0.0431. The first-order valence-corrected chi connectivity index (χ1v) is 11.9. The van der Waals surface area contributed by atoms with Crippen molar-refractivity contribution in [2.24, 2.45) is 0 Å². The van der Waals surface area contributed by atoms with Gasteiger partial charge in [-0.3, -0.25) is 4.79 Å². The number of aryl methyl sites for hydroxylation is 2. The predicted molar refractivity (Wildman–Crippen MR) is 132 cm³/mol. The number of methoxy groups -OCH3 is 1. The van der Waals surface area contributed by atoms with Crippen molar-refractivity contribution in [3.05, 3.63) is 64.3 Å². The molecule has 0 unspecified atom stereocenters. The molecule has 1 aliphatic rings. The van der Waals surface area contributed by atoms with Crippen molar-refractivity contribution in [3.63, 3.8) is 0 Å². The highest BCUT2D eigenvalue weighted by Crippen LogP contribution is 2.33. The third-order valence-electron chi connectivity index (χ3n) is 5.85. The standard InChI is InChI=1S/C24H24ClN5O2S/c1-15-5-4-6-18(13-15)30-22-21(16(2)27-30)33-24(26-22)29-11-9-28(10-12-29)23(31)19-8-7-17(25)14-20(19)32-3/h4-8,13-14H,9-12H2,1-3H3. The number of thiazole rings is 1. The Morgan fingerprint density at radius 3 is 2.61 bits per heavy atom. The fraction of sp³-hybridized carbons (Fsp3) is 0.292. The number of halogens is 1. The van der Waals surface area contributed by atoms with E-state index < -0.39 is 0 Å². The quantitative estimate of drug-likeness (QED) is 0.422. The SMILES string of the molecule is COc1cc(Cl)ccc1C(=O)N1CCN(c2nc3c(s2)c(C)nn3-c2cccc(C)c2)CC1. The van der Waals surface area contributed by atoms with E-state index in [1.54, 1.807) is 36.6 Å². The normalized spacial score (nSPS) is 14.2. The zero-order valence-electron chi connectivity index (χ0n) is 18.7. The number of piperazine rings is 1. The number of anilines is 1. The molecule has 0 saturated carbocycles. The Labute approximate surface area is 201 Å². The van der Waals surface area contributed by atoms with E-state index >= 15 is 0 Å². The molecule has 2 aromatic carbocycles. The molecule has 3 heterocycles. The minimum absolute atomic E-state index is 0.0431. The lowest BCUT2D eigenvalue weighted by molar-refractivity contribution is 0.0743. The summed E-state index contributed by atoms with van der Waals surface area (Å²) in [6.07, 6.45) is 0. The molecule has 1 fully saturated rings. The second-order valence-electron chi connectivity index (χ2n) is 8.11. The van der Waals surface area contributed by atoms with E-state index in [9.17, 15) is 4.79 Å². The van der Waals surface area contributed by atoms with E-state index in [4.69, 9.17) is 26.4 Å². The zero-order valence-corrected chi connectivity index (χ0v) is 20.3. The molecule has 0 N–H and O–H groups in total. The van der Waals surface area contributed by atoms with Crippen LogP contribution in [0.15, 0.2) is 42.5 Å². The third-order valence-corrected chi connectivity index (χ3v) is 7.30. The Balaban J connectivity index is 1.35. The Morgan fingerprint density at radius 1 is 1.09 bits per heavy atom. The number of carbonyl (C=O) groups excluding carboxylic acids is 1. The number of hydrogen-bond donors (Lipinski definition) is 0. The average Bonchev–Trinajstić information content (AvgIpc) is 3.39. The van der Waals surface area contributed by atoms with Gasteiger partial charge in [0.05, 0.1) is 28.8 Å². The molecular formula is C24H24ClN5O2S. The van der Waals surface area contributed by atoms with Crippen molar-refractivity contribution in [1.82, 2.24) is 19.7 Å². The van der Waals surface area contributed by atoms with Crippen molar-refractivity contribution < 1.29 is 9.53 Å². The molecule has 5 rings (SSSR count). The van der Waals surface area contributed by atoms with Gasteiger partial charge in [-0.05, 0) is 49.7 Å². The van der Waals surface area contributed by atoms with E-state index in [0.717, 1.165) is 26.9 Å². The maximum Gasteiger partial charge on any atom is 0.257 e. The van der Waals surface area contributed by atoms with Gasteiger partial charge >= 0.3 is 0 Å². The van der Waals surface area contributed by atoms with Crippen LogP contribution in [-0.4, -0.2) is 58.9 Å². The average molecular weight is 482 g/mol. The van der Waals surface area contributed by atoms with Gasteiger partial charge in [0.1, 0.15) is 5.75 Å². The lowest BCUT2D eigenvalue weighted by Crippen LogP contribution is -2.48. The summed E-state index contributed by atoms with van der Waals surface area (Å²) in [5.74, 6) is 0.454. The topological polar surface area (TPSA) is 63.5 Å². The summed E-state index contributed by atoms with van der Waals surface area (Å²) >= 11 is 7.70. The second kappa shape index (κ2) is 8.68. The molecule has 1 saturated heterocycles. The molecule has 0 spiro atoms.